The number of hydrogen-bond donors (Lipinski definition) is 0. The van der Waals surface area contributed by atoms with E-state index in [1.165, 1.54) is 6.07 Å². The average molecular weight is 982 g/mol. The van der Waals surface area contributed by atoms with Crippen LogP contribution in [0.1, 0.15) is 16.7 Å². The van der Waals surface area contributed by atoms with E-state index in [1.807, 2.05) is 114 Å². The second kappa shape index (κ2) is 18.3. The standard InChI is InChI=1S/C66H34F3N7/c1-72-51-16-6-13-44(29-51)48-21-24-61-56(34-48)55-32-46(42-11-4-9-40(27-42)38-70)19-23-60(55)75(61)64-37-59(66(67,68)69)65(36-54(64)50-15-8-18-53(31-50)74-3)76-62-25-20-47(43-12-5-10-41(28-43)39-71)33-57(62)58-35-49(22-26-63(58)76)45-14-7-17-52(30-45)73-2/h4-37H. The summed E-state index contributed by atoms with van der Waals surface area (Å²) in [5.41, 5.74) is 10.8. The Labute approximate surface area is 434 Å². The molecule has 0 spiro atoms. The monoisotopic (exact) mass is 981 g/mol. The van der Waals surface area contributed by atoms with Crippen molar-refractivity contribution in [2.45, 2.75) is 6.18 Å². The predicted molar refractivity (Wildman–Crippen MR) is 296 cm³/mol. The van der Waals surface area contributed by atoms with Crippen LogP contribution in [-0.2, 0) is 6.18 Å². The number of benzene rings is 10. The van der Waals surface area contributed by atoms with Gasteiger partial charge in [0, 0.05) is 27.1 Å². The number of alkyl halides is 3. The molecule has 76 heavy (non-hydrogen) atoms. The molecule has 0 fully saturated rings. The quantitative estimate of drug-likeness (QED) is 0.149. The summed E-state index contributed by atoms with van der Waals surface area (Å²) in [5, 5.41) is 22.4. The molecular weight excluding hydrogens is 948 g/mol. The van der Waals surface area contributed by atoms with Crippen LogP contribution in [0.3, 0.4) is 0 Å². The lowest BCUT2D eigenvalue weighted by molar-refractivity contribution is -0.137. The molecule has 12 aromatic rings. The van der Waals surface area contributed by atoms with Crippen LogP contribution in [0.2, 0.25) is 0 Å². The van der Waals surface area contributed by atoms with E-state index in [0.717, 1.165) is 55.3 Å². The molecule has 0 N–H and O–H groups in total. The fraction of sp³-hybridized carbons (Fsp3) is 0.0152. The first-order valence-corrected chi connectivity index (χ1v) is 23.9. The third-order valence-electron chi connectivity index (χ3n) is 14.0. The van der Waals surface area contributed by atoms with Crippen molar-refractivity contribution in [3.63, 3.8) is 0 Å². The maximum Gasteiger partial charge on any atom is 0.418 e. The molecule has 0 saturated carbocycles. The van der Waals surface area contributed by atoms with Gasteiger partial charge in [-0.25, -0.2) is 14.5 Å². The van der Waals surface area contributed by atoms with Crippen LogP contribution in [0.15, 0.2) is 206 Å². The molecule has 10 heteroatoms. The lowest BCUT2D eigenvalue weighted by Crippen LogP contribution is -2.13. The average Bonchev–Trinajstić information content (AvgIpc) is 4.14. The zero-order valence-corrected chi connectivity index (χ0v) is 39.9. The van der Waals surface area contributed by atoms with Crippen molar-refractivity contribution in [1.82, 2.24) is 9.13 Å². The largest absolute Gasteiger partial charge is 0.418 e. The first kappa shape index (κ1) is 46.1. The van der Waals surface area contributed by atoms with Crippen molar-refractivity contribution in [1.29, 1.82) is 10.5 Å². The highest BCUT2D eigenvalue weighted by Crippen LogP contribution is 2.47. The maximum atomic E-state index is 16.5. The second-order valence-electron chi connectivity index (χ2n) is 18.4. The second-order valence-corrected chi connectivity index (χ2v) is 18.4. The fourth-order valence-electron chi connectivity index (χ4n) is 10.5. The molecular formula is C66H34F3N7. The molecule has 7 nitrogen and oxygen atoms in total. The van der Waals surface area contributed by atoms with Gasteiger partial charge >= 0.3 is 6.18 Å². The van der Waals surface area contributed by atoms with Gasteiger partial charge in [-0.3, -0.25) is 0 Å². The number of nitrogens with zero attached hydrogens (tertiary/aromatic N) is 7. The molecule has 0 radical (unpaired) electrons. The van der Waals surface area contributed by atoms with Crippen LogP contribution in [0.4, 0.5) is 30.2 Å². The van der Waals surface area contributed by atoms with Gasteiger partial charge in [0.05, 0.1) is 82.0 Å². The van der Waals surface area contributed by atoms with E-state index in [9.17, 15) is 10.5 Å². The summed E-state index contributed by atoms with van der Waals surface area (Å²) in [5.74, 6) is 0. The minimum atomic E-state index is -4.90. The van der Waals surface area contributed by atoms with Crippen LogP contribution in [-0.4, -0.2) is 9.13 Å². The molecule has 0 aliphatic rings. The molecule has 12 rings (SSSR count). The molecule has 2 aromatic heterocycles. The molecule has 0 unspecified atom stereocenters. The highest BCUT2D eigenvalue weighted by molar-refractivity contribution is 6.14. The first-order valence-electron chi connectivity index (χ1n) is 23.9. The predicted octanol–water partition coefficient (Wildman–Crippen LogP) is 18.6. The van der Waals surface area contributed by atoms with Crippen molar-refractivity contribution in [2.24, 2.45) is 0 Å². The molecule has 0 aliphatic heterocycles. The van der Waals surface area contributed by atoms with E-state index in [4.69, 9.17) is 19.7 Å². The summed E-state index contributed by atoms with van der Waals surface area (Å²) in [7, 11) is 0. The molecule has 10 aromatic carbocycles. The Hall–Kier alpha value is -11.0. The number of rotatable bonds is 7. The van der Waals surface area contributed by atoms with E-state index in [2.05, 4.69) is 26.7 Å². The molecule has 0 aliphatic carbocycles. The summed E-state index contributed by atoms with van der Waals surface area (Å²) in [6.45, 7) is 23.4. The minimum absolute atomic E-state index is 0.135. The van der Waals surface area contributed by atoms with Gasteiger partial charge in [-0.2, -0.15) is 23.7 Å². The highest BCUT2D eigenvalue weighted by atomic mass is 19.4. The molecule has 354 valence electrons. The van der Waals surface area contributed by atoms with E-state index in [0.29, 0.717) is 72.2 Å². The van der Waals surface area contributed by atoms with Gasteiger partial charge < -0.3 is 9.13 Å². The van der Waals surface area contributed by atoms with Crippen LogP contribution < -0.4 is 0 Å². The summed E-state index contributed by atoms with van der Waals surface area (Å²) in [4.78, 5) is 11.0. The van der Waals surface area contributed by atoms with Gasteiger partial charge in [0.2, 0.25) is 0 Å². The van der Waals surface area contributed by atoms with Crippen molar-refractivity contribution >= 4 is 60.7 Å². The Morgan fingerprint density at radius 2 is 0.684 bits per heavy atom. The van der Waals surface area contributed by atoms with Crippen molar-refractivity contribution in [3.05, 3.63) is 257 Å². The fourth-order valence-corrected chi connectivity index (χ4v) is 10.5. The Morgan fingerprint density at radius 1 is 0.355 bits per heavy atom. The van der Waals surface area contributed by atoms with Crippen molar-refractivity contribution in [3.8, 4) is 79.1 Å². The zero-order valence-electron chi connectivity index (χ0n) is 39.9. The summed E-state index contributed by atoms with van der Waals surface area (Å²) in [6, 6.07) is 65.9. The highest BCUT2D eigenvalue weighted by Gasteiger charge is 2.37. The number of hydrogen-bond acceptors (Lipinski definition) is 2. The third-order valence-corrected chi connectivity index (χ3v) is 14.0. The van der Waals surface area contributed by atoms with Crippen molar-refractivity contribution < 1.29 is 13.2 Å². The molecule has 2 heterocycles. The van der Waals surface area contributed by atoms with Gasteiger partial charge in [0.1, 0.15) is 0 Å². The van der Waals surface area contributed by atoms with Crippen LogP contribution in [0.25, 0.3) is 125 Å². The zero-order chi connectivity index (χ0) is 52.2. The van der Waals surface area contributed by atoms with Gasteiger partial charge in [0.25, 0.3) is 0 Å². The maximum absolute atomic E-state index is 16.5. The SMILES string of the molecule is [C-]#[N+]c1cccc(-c2ccc3c(c2)c2cc(-c4cccc(C#N)c4)ccc2n3-c2cc(C(F)(F)F)c(-n3c4ccc(-c5cccc(C#N)c5)cc4c4cc(-c5cccc([N+]#[C-])c5)ccc43)cc2-c2cccc([N+]#[C-])c2)c1. The molecule has 0 atom stereocenters. The van der Waals surface area contributed by atoms with Gasteiger partial charge in [-0.1, -0.05) is 103 Å². The Bertz CT molecular complexity index is 4420. The van der Waals surface area contributed by atoms with E-state index in [1.54, 1.807) is 95.6 Å². The lowest BCUT2D eigenvalue weighted by Gasteiger charge is -2.22. The number of nitriles is 2. The lowest BCUT2D eigenvalue weighted by atomic mass is 9.98. The van der Waals surface area contributed by atoms with Crippen LogP contribution in [0.5, 0.6) is 0 Å². The summed E-state index contributed by atoms with van der Waals surface area (Å²) < 4.78 is 53.0. The van der Waals surface area contributed by atoms with Gasteiger partial charge in [0.15, 0.2) is 17.1 Å². The molecule has 0 saturated heterocycles. The Kier molecular flexibility index (Phi) is 11.1. The topological polar surface area (TPSA) is 70.5 Å². The molecule has 0 amide bonds. The van der Waals surface area contributed by atoms with E-state index in [-0.39, 0.29) is 11.4 Å². The van der Waals surface area contributed by atoms with Gasteiger partial charge in [-0.05, 0) is 153 Å². The summed E-state index contributed by atoms with van der Waals surface area (Å²) in [6.07, 6.45) is -4.90. The number of fused-ring (bicyclic) bond motifs is 6. The normalized spacial score (nSPS) is 11.3. The van der Waals surface area contributed by atoms with Crippen LogP contribution >= 0.6 is 0 Å². The minimum Gasteiger partial charge on any atom is -0.309 e. The summed E-state index contributed by atoms with van der Waals surface area (Å²) >= 11 is 0. The van der Waals surface area contributed by atoms with Gasteiger partial charge in [-0.15, -0.1) is 0 Å². The number of halogens is 3. The first-order chi connectivity index (χ1) is 37.0. The third kappa shape index (κ3) is 7.92. The van der Waals surface area contributed by atoms with E-state index >= 15 is 13.2 Å². The Morgan fingerprint density at radius 3 is 1.05 bits per heavy atom. The van der Waals surface area contributed by atoms with Crippen molar-refractivity contribution in [2.75, 3.05) is 0 Å². The molecule has 0 bridgehead atoms. The Balaban J connectivity index is 1.18. The van der Waals surface area contributed by atoms with E-state index < -0.39 is 11.7 Å². The smallest absolute Gasteiger partial charge is 0.309 e. The number of aromatic nitrogens is 2. The van der Waals surface area contributed by atoms with Crippen LogP contribution in [0, 0.1) is 42.4 Å².